The molecule has 1 unspecified atom stereocenters. The molecule has 1 atom stereocenters. The van der Waals surface area contributed by atoms with E-state index in [-0.39, 0.29) is 12.5 Å². The SMILES string of the molecule is CCC1(C)NC(=O)N(Cc2ccccc2C#N)C1=O. The van der Waals surface area contributed by atoms with Crippen molar-refractivity contribution in [3.05, 3.63) is 35.4 Å². The van der Waals surface area contributed by atoms with Crippen molar-refractivity contribution in [2.45, 2.75) is 32.4 Å². The predicted molar refractivity (Wildman–Crippen MR) is 68.9 cm³/mol. The minimum absolute atomic E-state index is 0.129. The summed E-state index contributed by atoms with van der Waals surface area (Å²) in [5, 5.41) is 11.7. The Morgan fingerprint density at radius 3 is 2.63 bits per heavy atom. The normalized spacial score (nSPS) is 22.3. The molecule has 3 amide bonds. The summed E-state index contributed by atoms with van der Waals surface area (Å²) in [4.78, 5) is 25.3. The number of nitriles is 1. The predicted octanol–water partition coefficient (Wildman–Crippen LogP) is 1.78. The molecule has 1 aromatic rings. The Balaban J connectivity index is 2.27. The third-order valence-corrected chi connectivity index (χ3v) is 3.52. The molecule has 2 rings (SSSR count). The van der Waals surface area contributed by atoms with Gasteiger partial charge in [-0.15, -0.1) is 0 Å². The van der Waals surface area contributed by atoms with Gasteiger partial charge in [-0.05, 0) is 25.0 Å². The lowest BCUT2D eigenvalue weighted by molar-refractivity contribution is -0.131. The van der Waals surface area contributed by atoms with Crippen LogP contribution in [0, 0.1) is 11.3 Å². The number of carbonyl (C=O) groups excluding carboxylic acids is 2. The summed E-state index contributed by atoms with van der Waals surface area (Å²) >= 11 is 0. The number of amides is 3. The zero-order chi connectivity index (χ0) is 14.0. The van der Waals surface area contributed by atoms with Crippen molar-refractivity contribution in [3.63, 3.8) is 0 Å². The molecule has 1 heterocycles. The van der Waals surface area contributed by atoms with Crippen molar-refractivity contribution >= 4 is 11.9 Å². The molecule has 1 saturated heterocycles. The van der Waals surface area contributed by atoms with Crippen molar-refractivity contribution in [1.82, 2.24) is 10.2 Å². The molecule has 19 heavy (non-hydrogen) atoms. The Kier molecular flexibility index (Phi) is 3.26. The van der Waals surface area contributed by atoms with Crippen LogP contribution >= 0.6 is 0 Å². The zero-order valence-corrected chi connectivity index (χ0v) is 10.9. The standard InChI is InChI=1S/C14H15N3O2/c1-3-14(2)12(18)17(13(19)16-14)9-11-7-5-4-6-10(11)8-15/h4-7H,3,9H2,1-2H3,(H,16,19). The maximum absolute atomic E-state index is 12.2. The van der Waals surface area contributed by atoms with E-state index < -0.39 is 11.6 Å². The molecular weight excluding hydrogens is 242 g/mol. The molecule has 0 bridgehead atoms. The zero-order valence-electron chi connectivity index (χ0n) is 10.9. The lowest BCUT2D eigenvalue weighted by Gasteiger charge is -2.19. The van der Waals surface area contributed by atoms with Crippen LogP contribution in [0.5, 0.6) is 0 Å². The highest BCUT2D eigenvalue weighted by Gasteiger charge is 2.46. The van der Waals surface area contributed by atoms with Crippen LogP contribution in [0.15, 0.2) is 24.3 Å². The van der Waals surface area contributed by atoms with Crippen LogP contribution in [0.2, 0.25) is 0 Å². The van der Waals surface area contributed by atoms with E-state index >= 15 is 0 Å². The topological polar surface area (TPSA) is 73.2 Å². The number of nitrogens with one attached hydrogen (secondary N) is 1. The number of carbonyl (C=O) groups is 2. The number of rotatable bonds is 3. The van der Waals surface area contributed by atoms with Crippen LogP contribution in [0.3, 0.4) is 0 Å². The van der Waals surface area contributed by atoms with E-state index in [0.29, 0.717) is 17.5 Å². The van der Waals surface area contributed by atoms with Gasteiger partial charge in [-0.1, -0.05) is 25.1 Å². The molecule has 5 heteroatoms. The first-order valence-corrected chi connectivity index (χ1v) is 6.14. The van der Waals surface area contributed by atoms with Crippen molar-refractivity contribution in [2.75, 3.05) is 0 Å². The fourth-order valence-electron chi connectivity index (χ4n) is 2.07. The Morgan fingerprint density at radius 2 is 2.05 bits per heavy atom. The average molecular weight is 257 g/mol. The second-order valence-corrected chi connectivity index (χ2v) is 4.78. The van der Waals surface area contributed by atoms with E-state index in [9.17, 15) is 9.59 Å². The third kappa shape index (κ3) is 2.17. The van der Waals surface area contributed by atoms with Gasteiger partial charge >= 0.3 is 6.03 Å². The number of urea groups is 1. The fourth-order valence-corrected chi connectivity index (χ4v) is 2.07. The molecule has 0 spiro atoms. The maximum Gasteiger partial charge on any atom is 0.325 e. The van der Waals surface area contributed by atoms with E-state index in [1.165, 1.54) is 4.90 Å². The number of nitrogens with zero attached hydrogens (tertiary/aromatic N) is 2. The largest absolute Gasteiger partial charge is 0.325 e. The Hall–Kier alpha value is -2.35. The minimum atomic E-state index is -0.835. The summed E-state index contributed by atoms with van der Waals surface area (Å²) in [6.45, 7) is 3.69. The van der Waals surface area contributed by atoms with Crippen molar-refractivity contribution in [1.29, 1.82) is 5.26 Å². The lowest BCUT2D eigenvalue weighted by Crippen LogP contribution is -2.43. The van der Waals surface area contributed by atoms with Gasteiger partial charge in [0.1, 0.15) is 5.54 Å². The van der Waals surface area contributed by atoms with Gasteiger partial charge in [-0.2, -0.15) is 5.26 Å². The van der Waals surface area contributed by atoms with Crippen LogP contribution < -0.4 is 5.32 Å². The van der Waals surface area contributed by atoms with Crippen molar-refractivity contribution < 1.29 is 9.59 Å². The molecule has 1 aliphatic rings. The number of benzene rings is 1. The number of hydrogen-bond acceptors (Lipinski definition) is 3. The second kappa shape index (κ2) is 4.73. The summed E-state index contributed by atoms with van der Waals surface area (Å²) in [6.07, 6.45) is 0.536. The Bertz CT molecular complexity index is 576. The Morgan fingerprint density at radius 1 is 1.37 bits per heavy atom. The van der Waals surface area contributed by atoms with Gasteiger partial charge in [0.25, 0.3) is 5.91 Å². The molecule has 98 valence electrons. The van der Waals surface area contributed by atoms with Gasteiger partial charge in [-0.25, -0.2) is 4.79 Å². The first kappa shape index (κ1) is 13.1. The highest BCUT2D eigenvalue weighted by atomic mass is 16.2. The summed E-state index contributed by atoms with van der Waals surface area (Å²) in [5.74, 6) is -0.243. The molecule has 0 radical (unpaired) electrons. The molecule has 5 nitrogen and oxygen atoms in total. The van der Waals surface area contributed by atoms with Crippen LogP contribution in [-0.4, -0.2) is 22.4 Å². The van der Waals surface area contributed by atoms with Crippen LogP contribution in [0.4, 0.5) is 4.79 Å². The summed E-state index contributed by atoms with van der Waals surface area (Å²) < 4.78 is 0. The molecule has 0 aromatic heterocycles. The lowest BCUT2D eigenvalue weighted by atomic mass is 9.99. The maximum atomic E-state index is 12.2. The highest BCUT2D eigenvalue weighted by Crippen LogP contribution is 2.23. The fraction of sp³-hybridized carbons (Fsp3) is 0.357. The molecule has 1 fully saturated rings. The number of imide groups is 1. The summed E-state index contributed by atoms with van der Waals surface area (Å²) in [7, 11) is 0. The molecular formula is C14H15N3O2. The summed E-state index contributed by atoms with van der Waals surface area (Å²) in [6, 6.07) is 8.63. The van der Waals surface area contributed by atoms with Crippen LogP contribution in [-0.2, 0) is 11.3 Å². The average Bonchev–Trinajstić information content (AvgIpc) is 2.63. The van der Waals surface area contributed by atoms with Gasteiger partial charge in [0.2, 0.25) is 0 Å². The van der Waals surface area contributed by atoms with Gasteiger partial charge in [0.05, 0.1) is 18.2 Å². The van der Waals surface area contributed by atoms with Crippen molar-refractivity contribution in [3.8, 4) is 6.07 Å². The first-order chi connectivity index (χ1) is 9.01. The van der Waals surface area contributed by atoms with Gasteiger partial charge < -0.3 is 5.32 Å². The van der Waals surface area contributed by atoms with Crippen LogP contribution in [0.1, 0.15) is 31.4 Å². The van der Waals surface area contributed by atoms with E-state index in [1.807, 2.05) is 6.92 Å². The minimum Gasteiger partial charge on any atom is -0.323 e. The monoisotopic (exact) mass is 257 g/mol. The molecule has 1 N–H and O–H groups in total. The molecule has 0 saturated carbocycles. The van der Waals surface area contributed by atoms with Gasteiger partial charge in [0.15, 0.2) is 0 Å². The highest BCUT2D eigenvalue weighted by molar-refractivity contribution is 6.06. The van der Waals surface area contributed by atoms with E-state index in [4.69, 9.17) is 5.26 Å². The van der Waals surface area contributed by atoms with Gasteiger partial charge in [-0.3, -0.25) is 9.69 Å². The molecule has 1 aromatic carbocycles. The molecule has 1 aliphatic heterocycles. The van der Waals surface area contributed by atoms with E-state index in [0.717, 1.165) is 0 Å². The summed E-state index contributed by atoms with van der Waals surface area (Å²) in [5.41, 5.74) is 0.320. The number of hydrogen-bond donors (Lipinski definition) is 1. The quantitative estimate of drug-likeness (QED) is 0.839. The first-order valence-electron chi connectivity index (χ1n) is 6.14. The molecule has 0 aliphatic carbocycles. The smallest absolute Gasteiger partial charge is 0.323 e. The van der Waals surface area contributed by atoms with Crippen molar-refractivity contribution in [2.24, 2.45) is 0 Å². The third-order valence-electron chi connectivity index (χ3n) is 3.52. The van der Waals surface area contributed by atoms with E-state index in [2.05, 4.69) is 11.4 Å². The van der Waals surface area contributed by atoms with Crippen LogP contribution in [0.25, 0.3) is 0 Å². The van der Waals surface area contributed by atoms with E-state index in [1.54, 1.807) is 31.2 Å². The van der Waals surface area contributed by atoms with Gasteiger partial charge in [0, 0.05) is 0 Å². The Labute approximate surface area is 111 Å². The second-order valence-electron chi connectivity index (χ2n) is 4.78.